The van der Waals surface area contributed by atoms with Crippen LogP contribution in [0.4, 0.5) is 0 Å². The largest absolute Gasteiger partial charge is 0.462 e. The number of carbonyl (C=O) groups excluding carboxylic acids is 2. The van der Waals surface area contributed by atoms with Crippen LogP contribution in [0, 0.1) is 0 Å². The molecule has 0 aromatic carbocycles. The van der Waals surface area contributed by atoms with Crippen molar-refractivity contribution in [3.63, 3.8) is 0 Å². The summed E-state index contributed by atoms with van der Waals surface area (Å²) in [5.41, 5.74) is 0. The number of allylic oxidation sites excluding steroid dienone is 14. The summed E-state index contributed by atoms with van der Waals surface area (Å²) in [6, 6.07) is 0. The molecule has 1 rings (SSSR count). The molecule has 4 N–H and O–H groups in total. The molecule has 1 fully saturated rings. The zero-order valence-electron chi connectivity index (χ0n) is 39.3. The van der Waals surface area contributed by atoms with Gasteiger partial charge in [0.05, 0.1) is 13.2 Å². The van der Waals surface area contributed by atoms with Gasteiger partial charge in [0.2, 0.25) is 0 Å². The number of carbonyl (C=O) groups is 2. The van der Waals surface area contributed by atoms with E-state index in [9.17, 15) is 30.0 Å². The smallest absolute Gasteiger partial charge is 0.306 e. The summed E-state index contributed by atoms with van der Waals surface area (Å²) in [4.78, 5) is 25.4. The van der Waals surface area contributed by atoms with E-state index < -0.39 is 55.4 Å². The molecule has 6 atom stereocenters. The summed E-state index contributed by atoms with van der Waals surface area (Å²) in [5.74, 6) is -0.903. The number of rotatable bonds is 40. The summed E-state index contributed by atoms with van der Waals surface area (Å²) < 4.78 is 22.1. The molecule has 0 spiro atoms. The Morgan fingerprint density at radius 2 is 0.905 bits per heavy atom. The lowest BCUT2D eigenvalue weighted by molar-refractivity contribution is -0.305. The van der Waals surface area contributed by atoms with Crippen LogP contribution in [0.2, 0.25) is 0 Å². The van der Waals surface area contributed by atoms with E-state index in [0.29, 0.717) is 19.3 Å². The topological polar surface area (TPSA) is 152 Å². The molecule has 0 radical (unpaired) electrons. The number of unbranched alkanes of at least 4 members (excludes halogenated alkanes) is 15. The lowest BCUT2D eigenvalue weighted by atomic mass is 9.99. The van der Waals surface area contributed by atoms with Gasteiger partial charge in [0.15, 0.2) is 12.4 Å². The monoisotopic (exact) mass is 885 g/mol. The van der Waals surface area contributed by atoms with E-state index in [-0.39, 0.29) is 26.1 Å². The minimum absolute atomic E-state index is 0.145. The van der Waals surface area contributed by atoms with E-state index in [1.807, 2.05) is 6.08 Å². The van der Waals surface area contributed by atoms with Crippen LogP contribution in [0.3, 0.4) is 0 Å². The minimum Gasteiger partial charge on any atom is -0.462 e. The van der Waals surface area contributed by atoms with Crippen molar-refractivity contribution in [2.24, 2.45) is 0 Å². The van der Waals surface area contributed by atoms with Gasteiger partial charge in [-0.3, -0.25) is 9.59 Å². The molecule has 0 saturated carbocycles. The number of aliphatic hydroxyl groups excluding tert-OH is 4. The lowest BCUT2D eigenvalue weighted by Crippen LogP contribution is -2.59. The highest BCUT2D eigenvalue weighted by molar-refractivity contribution is 5.70. The first-order valence-corrected chi connectivity index (χ1v) is 24.7. The molecule has 1 aliphatic rings. The maximum atomic E-state index is 12.8. The Hall–Kier alpha value is -3.12. The molecule has 1 aliphatic heterocycles. The third-order valence-electron chi connectivity index (χ3n) is 10.8. The SMILES string of the molecule is CCCCC/C=C/C/C=C/C/C=C/CCCCCCC(=O)OC[C@H](CO[C@@H]1O[C@H](CO)[C@H](O)C(O)C1O)OC(=O)CCC/C=C/C/C=C/C/C=C/C/C=C/CCCCCCCCC. The lowest BCUT2D eigenvalue weighted by Gasteiger charge is -2.39. The molecule has 0 aliphatic carbocycles. The maximum absolute atomic E-state index is 12.8. The highest BCUT2D eigenvalue weighted by Gasteiger charge is 2.44. The van der Waals surface area contributed by atoms with Crippen LogP contribution in [0.15, 0.2) is 85.1 Å². The first-order chi connectivity index (χ1) is 30.8. The molecule has 1 heterocycles. The van der Waals surface area contributed by atoms with E-state index in [1.54, 1.807) is 0 Å². The molecule has 63 heavy (non-hydrogen) atoms. The Balaban J connectivity index is 2.37. The fourth-order valence-corrected chi connectivity index (χ4v) is 6.83. The van der Waals surface area contributed by atoms with E-state index >= 15 is 0 Å². The van der Waals surface area contributed by atoms with Gasteiger partial charge in [0.1, 0.15) is 31.0 Å². The van der Waals surface area contributed by atoms with Crippen LogP contribution in [0.5, 0.6) is 0 Å². The summed E-state index contributed by atoms with van der Waals surface area (Å²) >= 11 is 0. The third kappa shape index (κ3) is 34.0. The van der Waals surface area contributed by atoms with Gasteiger partial charge in [0.25, 0.3) is 0 Å². The summed E-state index contributed by atoms with van der Waals surface area (Å²) in [7, 11) is 0. The van der Waals surface area contributed by atoms with E-state index in [2.05, 4.69) is 92.8 Å². The van der Waals surface area contributed by atoms with E-state index in [1.165, 1.54) is 77.0 Å². The van der Waals surface area contributed by atoms with Crippen molar-refractivity contribution in [1.29, 1.82) is 0 Å². The van der Waals surface area contributed by atoms with Crippen molar-refractivity contribution >= 4 is 11.9 Å². The fraction of sp³-hybridized carbons (Fsp3) is 0.698. The average molecular weight is 885 g/mol. The molecule has 0 bridgehead atoms. The summed E-state index contributed by atoms with van der Waals surface area (Å²) in [6.07, 6.45) is 48.8. The Kier molecular flexibility index (Phi) is 39.3. The highest BCUT2D eigenvalue weighted by Crippen LogP contribution is 2.22. The first kappa shape index (κ1) is 57.9. The molecule has 0 aromatic heterocycles. The van der Waals surface area contributed by atoms with Crippen molar-refractivity contribution < 1.29 is 49.0 Å². The van der Waals surface area contributed by atoms with E-state index in [0.717, 1.165) is 57.8 Å². The second-order valence-electron chi connectivity index (χ2n) is 16.6. The Bertz CT molecular complexity index is 1300. The summed E-state index contributed by atoms with van der Waals surface area (Å²) in [6.45, 7) is 3.31. The Morgan fingerprint density at radius 1 is 0.492 bits per heavy atom. The maximum Gasteiger partial charge on any atom is 0.306 e. The zero-order valence-corrected chi connectivity index (χ0v) is 39.3. The van der Waals surface area contributed by atoms with Gasteiger partial charge in [-0.2, -0.15) is 0 Å². The third-order valence-corrected chi connectivity index (χ3v) is 10.8. The molecule has 1 saturated heterocycles. The van der Waals surface area contributed by atoms with Crippen molar-refractivity contribution in [3.8, 4) is 0 Å². The Labute approximate surface area is 382 Å². The number of hydrogen-bond donors (Lipinski definition) is 4. The van der Waals surface area contributed by atoms with Crippen LogP contribution in [0.1, 0.15) is 181 Å². The van der Waals surface area contributed by atoms with Crippen LogP contribution in [-0.4, -0.2) is 89.0 Å². The van der Waals surface area contributed by atoms with Gasteiger partial charge in [-0.25, -0.2) is 0 Å². The highest BCUT2D eigenvalue weighted by atomic mass is 16.7. The predicted molar refractivity (Wildman–Crippen MR) is 256 cm³/mol. The molecule has 0 aromatic rings. The first-order valence-electron chi connectivity index (χ1n) is 24.7. The number of esters is 2. The normalized spacial score (nSPS) is 20.3. The predicted octanol–water partition coefficient (Wildman–Crippen LogP) is 11.3. The second-order valence-corrected chi connectivity index (χ2v) is 16.6. The van der Waals surface area contributed by atoms with E-state index in [4.69, 9.17) is 18.9 Å². The molecule has 10 nitrogen and oxygen atoms in total. The van der Waals surface area contributed by atoms with Gasteiger partial charge < -0.3 is 39.4 Å². The Morgan fingerprint density at radius 3 is 1.41 bits per heavy atom. The minimum atomic E-state index is -1.61. The molecular weight excluding hydrogens is 797 g/mol. The number of aliphatic hydroxyl groups is 4. The average Bonchev–Trinajstić information content (AvgIpc) is 3.28. The van der Waals surface area contributed by atoms with Crippen LogP contribution in [0.25, 0.3) is 0 Å². The molecular formula is C53H88O10. The molecule has 10 heteroatoms. The molecule has 360 valence electrons. The van der Waals surface area contributed by atoms with Crippen molar-refractivity contribution in [1.82, 2.24) is 0 Å². The van der Waals surface area contributed by atoms with Crippen LogP contribution >= 0.6 is 0 Å². The van der Waals surface area contributed by atoms with Crippen molar-refractivity contribution in [2.75, 3.05) is 19.8 Å². The quantitative estimate of drug-likeness (QED) is 0.0266. The van der Waals surface area contributed by atoms with Gasteiger partial charge in [-0.1, -0.05) is 163 Å². The van der Waals surface area contributed by atoms with Gasteiger partial charge >= 0.3 is 11.9 Å². The fourth-order valence-electron chi connectivity index (χ4n) is 6.83. The number of hydrogen-bond acceptors (Lipinski definition) is 10. The zero-order chi connectivity index (χ0) is 45.9. The summed E-state index contributed by atoms with van der Waals surface area (Å²) in [5, 5.41) is 40.1. The second kappa shape index (κ2) is 42.8. The van der Waals surface area contributed by atoms with Gasteiger partial charge in [0, 0.05) is 12.8 Å². The van der Waals surface area contributed by atoms with Crippen LogP contribution in [-0.2, 0) is 28.5 Å². The van der Waals surface area contributed by atoms with Crippen LogP contribution < -0.4 is 0 Å². The number of ether oxygens (including phenoxy) is 4. The standard InChI is InChI=1S/C53H88O10/c1-3-5-7-9-11-13-15-17-19-21-22-23-24-26-28-30-32-34-36-38-40-42-49(56)62-46(45-61-53-52(59)51(58)50(57)47(43-54)63-53)44-60-48(55)41-39-37-35-33-31-29-27-25-20-18-16-14-12-10-8-6-4-2/h12,14,18-21,23-24,27-30,34,36,46-47,50-54,57-59H,3-11,13,15-17,22,25-26,31-33,35,37-45H2,1-2H3/b14-12+,20-18+,21-19+,24-23+,29-27+,30-28+,36-34+/t46-,47-,50+,51?,52?,53-/m1/s1. The van der Waals surface area contributed by atoms with Gasteiger partial charge in [-0.15, -0.1) is 0 Å². The van der Waals surface area contributed by atoms with Crippen molar-refractivity contribution in [2.45, 2.75) is 218 Å². The molecule has 2 unspecified atom stereocenters. The van der Waals surface area contributed by atoms with Crippen molar-refractivity contribution in [3.05, 3.63) is 85.1 Å². The molecule has 0 amide bonds. The van der Waals surface area contributed by atoms with Gasteiger partial charge in [-0.05, 0) is 89.9 Å².